The summed E-state index contributed by atoms with van der Waals surface area (Å²) in [7, 11) is 2.02. The van der Waals surface area contributed by atoms with Gasteiger partial charge in [0.25, 0.3) is 0 Å². The number of anilines is 1. The van der Waals surface area contributed by atoms with E-state index in [-0.39, 0.29) is 6.79 Å². The lowest BCUT2D eigenvalue weighted by Crippen LogP contribution is -2.54. The van der Waals surface area contributed by atoms with Gasteiger partial charge in [0, 0.05) is 37.9 Å². The molecule has 3 rings (SSSR count). The fraction of sp³-hybridized carbons (Fsp3) is 0.429. The van der Waals surface area contributed by atoms with Gasteiger partial charge in [0.05, 0.1) is 0 Å². The first-order chi connectivity index (χ1) is 10.6. The Labute approximate surface area is 127 Å². The van der Waals surface area contributed by atoms with E-state index in [1.807, 2.05) is 7.05 Å². The second-order valence-electron chi connectivity index (χ2n) is 5.25. The average Bonchev–Trinajstić information content (AvgIpc) is 2.97. The molecule has 0 aromatic heterocycles. The van der Waals surface area contributed by atoms with Gasteiger partial charge in [-0.25, -0.2) is 5.01 Å². The summed E-state index contributed by atoms with van der Waals surface area (Å²) in [6, 6.07) is 4.98. The quantitative estimate of drug-likeness (QED) is 0.726. The molecule has 2 aliphatic heterocycles. The van der Waals surface area contributed by atoms with Crippen LogP contribution in [0, 0.1) is 0 Å². The zero-order valence-corrected chi connectivity index (χ0v) is 12.3. The third-order valence-electron chi connectivity index (χ3n) is 3.60. The lowest BCUT2D eigenvalue weighted by Gasteiger charge is -2.32. The van der Waals surface area contributed by atoms with Crippen LogP contribution in [0.3, 0.4) is 0 Å². The molecule has 0 bridgehead atoms. The summed E-state index contributed by atoms with van der Waals surface area (Å²) >= 11 is 0. The van der Waals surface area contributed by atoms with E-state index in [4.69, 9.17) is 9.47 Å². The number of piperazine rings is 1. The number of carbonyl (C=O) groups excluding carboxylic acids is 2. The zero-order valence-electron chi connectivity index (χ0n) is 12.3. The van der Waals surface area contributed by atoms with Crippen LogP contribution in [0.4, 0.5) is 5.69 Å². The monoisotopic (exact) mass is 306 g/mol. The highest BCUT2D eigenvalue weighted by atomic mass is 16.7. The third kappa shape index (κ3) is 3.29. The standard InChI is InChI=1S/C14H18N4O4/c1-17-4-6-18(7-5-17)16-14(20)13(19)15-10-2-3-11-12(8-10)22-9-21-11/h2-3,8H,4-7,9H2,1H3,(H,15,19)(H,16,20). The molecule has 0 radical (unpaired) electrons. The fourth-order valence-electron chi connectivity index (χ4n) is 2.27. The number of carbonyl (C=O) groups is 2. The van der Waals surface area contributed by atoms with Crippen LogP contribution in [0.1, 0.15) is 0 Å². The summed E-state index contributed by atoms with van der Waals surface area (Å²) in [5.74, 6) is -0.211. The van der Waals surface area contributed by atoms with Crippen molar-refractivity contribution < 1.29 is 19.1 Å². The molecule has 2 N–H and O–H groups in total. The molecule has 2 aliphatic rings. The number of rotatable bonds is 2. The third-order valence-corrected chi connectivity index (χ3v) is 3.60. The normalized spacial score (nSPS) is 18.0. The first-order valence-corrected chi connectivity index (χ1v) is 7.07. The first kappa shape index (κ1) is 14.6. The van der Waals surface area contributed by atoms with Gasteiger partial charge >= 0.3 is 11.8 Å². The minimum Gasteiger partial charge on any atom is -0.454 e. The summed E-state index contributed by atoms with van der Waals surface area (Å²) in [5, 5.41) is 4.30. The Morgan fingerprint density at radius 2 is 1.77 bits per heavy atom. The van der Waals surface area contributed by atoms with E-state index in [1.54, 1.807) is 23.2 Å². The van der Waals surface area contributed by atoms with Crippen molar-refractivity contribution in [2.24, 2.45) is 0 Å². The van der Waals surface area contributed by atoms with Crippen molar-refractivity contribution in [3.8, 4) is 11.5 Å². The number of ether oxygens (including phenoxy) is 2. The molecule has 1 aromatic carbocycles. The van der Waals surface area contributed by atoms with Gasteiger partial charge in [0.1, 0.15) is 0 Å². The maximum Gasteiger partial charge on any atom is 0.323 e. The predicted molar refractivity (Wildman–Crippen MR) is 78.4 cm³/mol. The molecular formula is C14H18N4O4. The number of nitrogens with zero attached hydrogens (tertiary/aromatic N) is 2. The van der Waals surface area contributed by atoms with Crippen LogP contribution >= 0.6 is 0 Å². The molecule has 1 fully saturated rings. The maximum absolute atomic E-state index is 11.9. The molecule has 1 aromatic rings. The average molecular weight is 306 g/mol. The lowest BCUT2D eigenvalue weighted by molar-refractivity contribution is -0.139. The number of nitrogens with one attached hydrogen (secondary N) is 2. The number of hydrogen-bond donors (Lipinski definition) is 2. The Morgan fingerprint density at radius 3 is 2.55 bits per heavy atom. The molecular weight excluding hydrogens is 288 g/mol. The van der Waals surface area contributed by atoms with E-state index in [1.165, 1.54) is 0 Å². The van der Waals surface area contributed by atoms with E-state index in [0.717, 1.165) is 13.1 Å². The largest absolute Gasteiger partial charge is 0.454 e. The number of amides is 2. The van der Waals surface area contributed by atoms with Crippen molar-refractivity contribution in [3.05, 3.63) is 18.2 Å². The van der Waals surface area contributed by atoms with E-state index < -0.39 is 11.8 Å². The smallest absolute Gasteiger partial charge is 0.323 e. The molecule has 0 spiro atoms. The molecule has 22 heavy (non-hydrogen) atoms. The number of hydrazine groups is 1. The van der Waals surface area contributed by atoms with E-state index in [9.17, 15) is 9.59 Å². The Balaban J connectivity index is 1.54. The minimum absolute atomic E-state index is 0.163. The van der Waals surface area contributed by atoms with Gasteiger partial charge in [-0.15, -0.1) is 0 Å². The topological polar surface area (TPSA) is 83.1 Å². The Morgan fingerprint density at radius 1 is 1.05 bits per heavy atom. The van der Waals surface area contributed by atoms with Gasteiger partial charge < -0.3 is 19.7 Å². The van der Waals surface area contributed by atoms with Crippen molar-refractivity contribution in [3.63, 3.8) is 0 Å². The fourth-order valence-corrected chi connectivity index (χ4v) is 2.27. The van der Waals surface area contributed by atoms with Crippen molar-refractivity contribution >= 4 is 17.5 Å². The van der Waals surface area contributed by atoms with Crippen molar-refractivity contribution in [2.75, 3.05) is 45.3 Å². The van der Waals surface area contributed by atoms with Crippen LogP contribution < -0.4 is 20.2 Å². The highest BCUT2D eigenvalue weighted by Gasteiger charge is 2.21. The van der Waals surface area contributed by atoms with Crippen LogP contribution in [0.15, 0.2) is 18.2 Å². The van der Waals surface area contributed by atoms with Gasteiger partial charge in [-0.2, -0.15) is 0 Å². The van der Waals surface area contributed by atoms with Crippen LogP contribution in [0.2, 0.25) is 0 Å². The Bertz CT molecular complexity index is 584. The summed E-state index contributed by atoms with van der Waals surface area (Å²) in [6.45, 7) is 3.25. The predicted octanol–water partition coefficient (Wildman–Crippen LogP) is -0.368. The van der Waals surface area contributed by atoms with Crippen molar-refractivity contribution in [1.82, 2.24) is 15.3 Å². The maximum atomic E-state index is 11.9. The molecule has 0 unspecified atom stereocenters. The SMILES string of the molecule is CN1CCN(NC(=O)C(=O)Nc2ccc3c(c2)OCO3)CC1. The summed E-state index contributed by atoms with van der Waals surface area (Å²) in [4.78, 5) is 26.0. The summed E-state index contributed by atoms with van der Waals surface area (Å²) in [5.41, 5.74) is 3.10. The van der Waals surface area contributed by atoms with Gasteiger partial charge in [-0.1, -0.05) is 0 Å². The van der Waals surface area contributed by atoms with E-state index >= 15 is 0 Å². The van der Waals surface area contributed by atoms with Crippen LogP contribution in [-0.2, 0) is 9.59 Å². The number of likely N-dealkylation sites (N-methyl/N-ethyl adjacent to an activating group) is 1. The van der Waals surface area contributed by atoms with Gasteiger partial charge in [-0.05, 0) is 19.2 Å². The minimum atomic E-state index is -0.710. The molecule has 0 aliphatic carbocycles. The number of fused-ring (bicyclic) bond motifs is 1. The zero-order chi connectivity index (χ0) is 15.5. The molecule has 8 nitrogen and oxygen atoms in total. The van der Waals surface area contributed by atoms with Gasteiger partial charge in [0.15, 0.2) is 11.5 Å². The van der Waals surface area contributed by atoms with Crippen LogP contribution in [0.5, 0.6) is 11.5 Å². The highest BCUT2D eigenvalue weighted by Crippen LogP contribution is 2.34. The second kappa shape index (κ2) is 6.20. The first-order valence-electron chi connectivity index (χ1n) is 7.07. The molecule has 2 heterocycles. The van der Waals surface area contributed by atoms with Gasteiger partial charge in [0.2, 0.25) is 6.79 Å². The number of hydrogen-bond acceptors (Lipinski definition) is 6. The van der Waals surface area contributed by atoms with Gasteiger partial charge in [-0.3, -0.25) is 15.0 Å². The van der Waals surface area contributed by atoms with E-state index in [0.29, 0.717) is 30.3 Å². The lowest BCUT2D eigenvalue weighted by atomic mass is 10.2. The second-order valence-corrected chi connectivity index (χ2v) is 5.25. The molecule has 1 saturated heterocycles. The Hall–Kier alpha value is -2.32. The van der Waals surface area contributed by atoms with Crippen molar-refractivity contribution in [2.45, 2.75) is 0 Å². The molecule has 118 valence electrons. The summed E-state index contributed by atoms with van der Waals surface area (Å²) in [6.07, 6.45) is 0. The Kier molecular flexibility index (Phi) is 4.12. The molecule has 8 heteroatoms. The summed E-state index contributed by atoms with van der Waals surface area (Å²) < 4.78 is 10.4. The molecule has 0 atom stereocenters. The molecule has 0 saturated carbocycles. The molecule has 2 amide bonds. The van der Waals surface area contributed by atoms with Crippen LogP contribution in [0.25, 0.3) is 0 Å². The highest BCUT2D eigenvalue weighted by molar-refractivity contribution is 6.39. The van der Waals surface area contributed by atoms with Crippen molar-refractivity contribution in [1.29, 1.82) is 0 Å². The van der Waals surface area contributed by atoms with Crippen LogP contribution in [-0.4, -0.2) is 61.7 Å². The number of benzene rings is 1. The van der Waals surface area contributed by atoms with E-state index in [2.05, 4.69) is 15.6 Å².